The van der Waals surface area contributed by atoms with E-state index in [1.807, 2.05) is 0 Å². The van der Waals surface area contributed by atoms with E-state index in [9.17, 15) is 35.1 Å². The highest BCUT2D eigenvalue weighted by Crippen LogP contribution is 2.37. The number of aliphatic hydroxyl groups is 2. The summed E-state index contributed by atoms with van der Waals surface area (Å²) in [6.07, 6.45) is -6.98. The van der Waals surface area contributed by atoms with Crippen LogP contribution < -0.4 is 10.2 Å². The molecule has 4 rings (SSSR count). The molecule has 1 aliphatic heterocycles. The second kappa shape index (κ2) is 8.86. The molecular weight excluding hydrogens is 452 g/mol. The molecule has 0 amide bonds. The Morgan fingerprint density at radius 2 is 1.68 bits per heavy atom. The maximum Gasteiger partial charge on any atom is 0.303 e. The molecule has 2 aromatic carbocycles. The number of rotatable bonds is 4. The van der Waals surface area contributed by atoms with E-state index in [0.717, 1.165) is 19.1 Å². The maximum absolute atomic E-state index is 13.3. The van der Waals surface area contributed by atoms with Crippen LogP contribution in [-0.4, -0.2) is 62.2 Å². The van der Waals surface area contributed by atoms with Crippen LogP contribution in [-0.2, 0) is 14.3 Å². The van der Waals surface area contributed by atoms with Crippen molar-refractivity contribution in [3.05, 3.63) is 46.6 Å². The summed E-state index contributed by atoms with van der Waals surface area (Å²) < 4.78 is 22.0. The van der Waals surface area contributed by atoms with Gasteiger partial charge in [0.1, 0.15) is 40.4 Å². The molecule has 34 heavy (non-hydrogen) atoms. The van der Waals surface area contributed by atoms with Crippen molar-refractivity contribution >= 4 is 16.9 Å². The number of aliphatic hydroxyl groups excluding tert-OH is 2. The third-order valence-electron chi connectivity index (χ3n) is 5.36. The van der Waals surface area contributed by atoms with Crippen molar-refractivity contribution < 1.29 is 49.0 Å². The molecule has 0 unspecified atom stereocenters. The molecule has 11 nitrogen and oxygen atoms in total. The monoisotopic (exact) mass is 474 g/mol. The fourth-order valence-electron chi connectivity index (χ4n) is 3.75. The zero-order valence-corrected chi connectivity index (χ0v) is 18.0. The van der Waals surface area contributed by atoms with Gasteiger partial charge in [-0.1, -0.05) is 0 Å². The van der Waals surface area contributed by atoms with Crippen LogP contribution in [0.15, 0.2) is 45.6 Å². The number of hydrogen-bond donors (Lipinski definition) is 5. The molecule has 0 radical (unpaired) electrons. The van der Waals surface area contributed by atoms with E-state index < -0.39 is 53.6 Å². The van der Waals surface area contributed by atoms with Crippen LogP contribution in [0.1, 0.15) is 13.8 Å². The van der Waals surface area contributed by atoms with E-state index in [4.69, 9.17) is 18.6 Å². The van der Waals surface area contributed by atoms with Crippen LogP contribution >= 0.6 is 0 Å². The van der Waals surface area contributed by atoms with Gasteiger partial charge in [-0.2, -0.15) is 0 Å². The summed E-state index contributed by atoms with van der Waals surface area (Å²) in [6.45, 7) is 2.63. The highest BCUT2D eigenvalue weighted by atomic mass is 16.7. The van der Waals surface area contributed by atoms with Gasteiger partial charge in [0.2, 0.25) is 17.5 Å². The van der Waals surface area contributed by atoms with Gasteiger partial charge in [-0.15, -0.1) is 0 Å². The minimum atomic E-state index is -1.73. The summed E-state index contributed by atoms with van der Waals surface area (Å²) >= 11 is 0. The number of aromatic hydroxyl groups is 3. The first kappa shape index (κ1) is 23.4. The zero-order valence-electron chi connectivity index (χ0n) is 18.0. The van der Waals surface area contributed by atoms with Crippen LogP contribution in [0.4, 0.5) is 0 Å². The predicted octanol–water partition coefficient (Wildman–Crippen LogP) is 1.35. The standard InChI is InChI=1S/C23H22O11/c1-9-20(32-10(2)24)18(29)19(30)23(31-9)34-22-17(28)16-14(27)7-13(26)8-15(16)33-21(22)11-3-5-12(25)6-4-11/h3-9,18-20,23,25-27,29-30H,1-2H3/t9-,18+,19+,20-,23-/m0/s1. The zero-order chi connectivity index (χ0) is 24.7. The Morgan fingerprint density at radius 3 is 2.32 bits per heavy atom. The number of phenolic OH excluding ortho intramolecular Hbond substituents is 3. The molecule has 0 saturated carbocycles. The first-order valence-electron chi connectivity index (χ1n) is 10.2. The van der Waals surface area contributed by atoms with Crippen LogP contribution in [0.3, 0.4) is 0 Å². The Hall–Kier alpha value is -3.80. The molecule has 1 aliphatic rings. The Balaban J connectivity index is 1.82. The quantitative estimate of drug-likeness (QED) is 0.345. The Kier molecular flexibility index (Phi) is 6.09. The number of benzene rings is 2. The van der Waals surface area contributed by atoms with Gasteiger partial charge in [0.25, 0.3) is 0 Å². The summed E-state index contributed by atoms with van der Waals surface area (Å²) in [6, 6.07) is 7.62. The van der Waals surface area contributed by atoms with E-state index in [2.05, 4.69) is 0 Å². The summed E-state index contributed by atoms with van der Waals surface area (Å²) in [4.78, 5) is 24.6. The number of carbonyl (C=O) groups is 1. The molecule has 0 spiro atoms. The summed E-state index contributed by atoms with van der Waals surface area (Å²) in [7, 11) is 0. The minimum absolute atomic E-state index is 0.0517. The largest absolute Gasteiger partial charge is 0.508 e. The molecule has 3 aromatic rings. The molecule has 11 heteroatoms. The van der Waals surface area contributed by atoms with Crippen molar-refractivity contribution in [2.75, 3.05) is 0 Å². The second-order valence-corrected chi connectivity index (χ2v) is 7.86. The minimum Gasteiger partial charge on any atom is -0.508 e. The lowest BCUT2D eigenvalue weighted by Gasteiger charge is -2.40. The normalized spacial score (nSPS) is 24.6. The highest BCUT2D eigenvalue weighted by Gasteiger charge is 2.46. The molecular formula is C23H22O11. The third-order valence-corrected chi connectivity index (χ3v) is 5.36. The van der Waals surface area contributed by atoms with E-state index >= 15 is 0 Å². The molecule has 5 atom stereocenters. The lowest BCUT2D eigenvalue weighted by Crippen LogP contribution is -2.59. The van der Waals surface area contributed by atoms with Crippen molar-refractivity contribution in [3.8, 4) is 34.3 Å². The molecule has 2 heterocycles. The van der Waals surface area contributed by atoms with E-state index in [1.54, 1.807) is 0 Å². The molecule has 1 saturated heterocycles. The van der Waals surface area contributed by atoms with E-state index in [1.165, 1.54) is 31.2 Å². The molecule has 5 N–H and O–H groups in total. The number of ether oxygens (including phenoxy) is 3. The first-order chi connectivity index (χ1) is 16.1. The topological polar surface area (TPSA) is 176 Å². The van der Waals surface area contributed by atoms with Crippen molar-refractivity contribution in [2.24, 2.45) is 0 Å². The van der Waals surface area contributed by atoms with Crippen molar-refractivity contribution in [1.82, 2.24) is 0 Å². The number of hydrogen-bond acceptors (Lipinski definition) is 11. The molecule has 1 fully saturated rings. The average Bonchev–Trinajstić information content (AvgIpc) is 2.76. The van der Waals surface area contributed by atoms with Crippen molar-refractivity contribution in [2.45, 2.75) is 44.6 Å². The van der Waals surface area contributed by atoms with Crippen LogP contribution in [0.2, 0.25) is 0 Å². The first-order valence-corrected chi connectivity index (χ1v) is 10.2. The fraction of sp³-hybridized carbons (Fsp3) is 0.304. The van der Waals surface area contributed by atoms with Crippen LogP contribution in [0.25, 0.3) is 22.3 Å². The highest BCUT2D eigenvalue weighted by molar-refractivity contribution is 5.88. The van der Waals surface area contributed by atoms with Gasteiger partial charge < -0.3 is 44.2 Å². The van der Waals surface area contributed by atoms with E-state index in [0.29, 0.717) is 0 Å². The summed E-state index contributed by atoms with van der Waals surface area (Å²) in [5.74, 6) is -2.27. The third kappa shape index (κ3) is 4.23. The second-order valence-electron chi connectivity index (χ2n) is 7.86. The number of carbonyl (C=O) groups excluding carboxylic acids is 1. The Bertz CT molecular complexity index is 1280. The van der Waals surface area contributed by atoms with Gasteiger partial charge in [-0.05, 0) is 31.2 Å². The average molecular weight is 474 g/mol. The van der Waals surface area contributed by atoms with Gasteiger partial charge in [-0.25, -0.2) is 0 Å². The van der Waals surface area contributed by atoms with Crippen LogP contribution in [0.5, 0.6) is 23.0 Å². The SMILES string of the molecule is CC(=O)O[C@@H]1[C@H](O)[C@@H](O)[C@H](Oc2c(-c3ccc(O)cc3)oc3cc(O)cc(O)c3c2=O)O[C@H]1C. The van der Waals surface area contributed by atoms with Gasteiger partial charge in [0.05, 0.1) is 6.10 Å². The summed E-state index contributed by atoms with van der Waals surface area (Å²) in [5, 5.41) is 50.4. The van der Waals surface area contributed by atoms with Crippen LogP contribution in [0, 0.1) is 0 Å². The lowest BCUT2D eigenvalue weighted by molar-refractivity contribution is -0.272. The smallest absolute Gasteiger partial charge is 0.303 e. The fourth-order valence-corrected chi connectivity index (χ4v) is 3.75. The molecule has 0 aliphatic carbocycles. The number of esters is 1. The van der Waals surface area contributed by atoms with Gasteiger partial charge in [-0.3, -0.25) is 9.59 Å². The molecule has 1 aromatic heterocycles. The van der Waals surface area contributed by atoms with Gasteiger partial charge >= 0.3 is 5.97 Å². The maximum atomic E-state index is 13.3. The lowest BCUT2D eigenvalue weighted by atomic mass is 9.99. The van der Waals surface area contributed by atoms with Gasteiger partial charge in [0.15, 0.2) is 11.9 Å². The summed E-state index contributed by atoms with van der Waals surface area (Å²) in [5.41, 5.74) is -0.709. The number of phenols is 3. The van der Waals surface area contributed by atoms with E-state index in [-0.39, 0.29) is 33.8 Å². The predicted molar refractivity (Wildman–Crippen MR) is 115 cm³/mol. The number of fused-ring (bicyclic) bond motifs is 1. The van der Waals surface area contributed by atoms with Crippen molar-refractivity contribution in [1.29, 1.82) is 0 Å². The Labute approximate surface area is 192 Å². The molecule has 180 valence electrons. The van der Waals surface area contributed by atoms with Crippen molar-refractivity contribution in [3.63, 3.8) is 0 Å². The van der Waals surface area contributed by atoms with Gasteiger partial charge in [0, 0.05) is 24.6 Å². The molecule has 0 bridgehead atoms. The Morgan fingerprint density at radius 1 is 1.00 bits per heavy atom.